The number of amides is 1. The van der Waals surface area contributed by atoms with Gasteiger partial charge in [0.1, 0.15) is 11.6 Å². The van der Waals surface area contributed by atoms with Crippen LogP contribution in [-0.2, 0) is 4.79 Å². The van der Waals surface area contributed by atoms with Gasteiger partial charge in [-0.15, -0.1) is 0 Å². The SMILES string of the molecule is CNC(=O)C=Cc1c(F)cccc1F. The largest absolute Gasteiger partial charge is 0.356 e. The Morgan fingerprint density at radius 2 is 1.93 bits per heavy atom. The summed E-state index contributed by atoms with van der Waals surface area (Å²) in [6.45, 7) is 0. The van der Waals surface area contributed by atoms with Gasteiger partial charge in [-0.25, -0.2) is 8.78 Å². The lowest BCUT2D eigenvalue weighted by molar-refractivity contribution is -0.115. The highest BCUT2D eigenvalue weighted by atomic mass is 19.1. The molecule has 0 aliphatic heterocycles. The van der Waals surface area contributed by atoms with Gasteiger partial charge in [-0.1, -0.05) is 6.07 Å². The summed E-state index contributed by atoms with van der Waals surface area (Å²) in [4.78, 5) is 10.8. The van der Waals surface area contributed by atoms with E-state index in [9.17, 15) is 13.6 Å². The van der Waals surface area contributed by atoms with Gasteiger partial charge in [-0.2, -0.15) is 0 Å². The van der Waals surface area contributed by atoms with E-state index in [1.165, 1.54) is 13.1 Å². The molecule has 0 unspecified atom stereocenters. The molecule has 2 nitrogen and oxygen atoms in total. The van der Waals surface area contributed by atoms with E-state index in [2.05, 4.69) is 5.32 Å². The zero-order valence-electron chi connectivity index (χ0n) is 7.55. The molecule has 1 rings (SSSR count). The third kappa shape index (κ3) is 2.39. The topological polar surface area (TPSA) is 29.1 Å². The van der Waals surface area contributed by atoms with Crippen LogP contribution in [0.2, 0.25) is 0 Å². The first kappa shape index (κ1) is 10.4. The number of likely N-dealkylation sites (N-methyl/N-ethyl adjacent to an activating group) is 1. The number of carbonyl (C=O) groups is 1. The first-order valence-corrected chi connectivity index (χ1v) is 3.99. The lowest BCUT2D eigenvalue weighted by Crippen LogP contribution is -2.13. The van der Waals surface area contributed by atoms with E-state index in [4.69, 9.17) is 0 Å². The maximum atomic E-state index is 13.0. The molecule has 0 aromatic heterocycles. The van der Waals surface area contributed by atoms with Gasteiger partial charge in [0.2, 0.25) is 5.91 Å². The van der Waals surface area contributed by atoms with E-state index in [0.717, 1.165) is 24.3 Å². The number of rotatable bonds is 2. The number of nitrogens with one attached hydrogen (secondary N) is 1. The summed E-state index contributed by atoms with van der Waals surface area (Å²) in [5.74, 6) is -1.79. The molecule has 0 heterocycles. The van der Waals surface area contributed by atoms with Crippen LogP contribution in [0.5, 0.6) is 0 Å². The highest BCUT2D eigenvalue weighted by molar-refractivity contribution is 5.91. The fourth-order valence-corrected chi connectivity index (χ4v) is 0.912. The first-order valence-electron chi connectivity index (χ1n) is 3.99. The van der Waals surface area contributed by atoms with Gasteiger partial charge in [-0.05, 0) is 18.2 Å². The van der Waals surface area contributed by atoms with E-state index < -0.39 is 17.5 Å². The van der Waals surface area contributed by atoms with Crippen LogP contribution in [0.25, 0.3) is 6.08 Å². The van der Waals surface area contributed by atoms with E-state index in [1.54, 1.807) is 0 Å². The summed E-state index contributed by atoms with van der Waals surface area (Å²) in [6, 6.07) is 3.53. The molecule has 1 aromatic carbocycles. The summed E-state index contributed by atoms with van der Waals surface area (Å²) in [6.07, 6.45) is 2.17. The van der Waals surface area contributed by atoms with Crippen LogP contribution in [0.1, 0.15) is 5.56 Å². The zero-order chi connectivity index (χ0) is 10.6. The molecule has 0 spiro atoms. The number of hydrogen-bond donors (Lipinski definition) is 1. The van der Waals surface area contributed by atoms with Crippen molar-refractivity contribution in [2.45, 2.75) is 0 Å². The Balaban J connectivity index is 2.96. The van der Waals surface area contributed by atoms with Gasteiger partial charge in [0, 0.05) is 18.7 Å². The summed E-state index contributed by atoms with van der Waals surface area (Å²) in [5, 5.41) is 2.30. The molecule has 74 valence electrons. The number of benzene rings is 1. The number of halogens is 2. The van der Waals surface area contributed by atoms with Gasteiger partial charge in [0.25, 0.3) is 0 Å². The molecular formula is C10H9F2NO. The van der Waals surface area contributed by atoms with Crippen LogP contribution in [0.4, 0.5) is 8.78 Å². The number of hydrogen-bond acceptors (Lipinski definition) is 1. The van der Waals surface area contributed by atoms with Crippen molar-refractivity contribution >= 4 is 12.0 Å². The van der Waals surface area contributed by atoms with Crippen molar-refractivity contribution in [1.29, 1.82) is 0 Å². The second-order valence-electron chi connectivity index (χ2n) is 2.58. The molecular weight excluding hydrogens is 188 g/mol. The molecule has 1 aromatic rings. The lowest BCUT2D eigenvalue weighted by Gasteiger charge is -1.97. The third-order valence-electron chi connectivity index (χ3n) is 1.65. The Kier molecular flexibility index (Phi) is 3.34. The van der Waals surface area contributed by atoms with Gasteiger partial charge in [0.05, 0.1) is 0 Å². The zero-order valence-corrected chi connectivity index (χ0v) is 7.55. The Morgan fingerprint density at radius 3 is 2.43 bits per heavy atom. The average molecular weight is 197 g/mol. The summed E-state index contributed by atoms with van der Waals surface area (Å²) in [7, 11) is 1.43. The minimum absolute atomic E-state index is 0.212. The van der Waals surface area contributed by atoms with Crippen molar-refractivity contribution < 1.29 is 13.6 Å². The number of carbonyl (C=O) groups excluding carboxylic acids is 1. The van der Waals surface area contributed by atoms with Crippen LogP contribution in [-0.4, -0.2) is 13.0 Å². The molecule has 0 saturated heterocycles. The average Bonchev–Trinajstić information content (AvgIpc) is 2.16. The van der Waals surface area contributed by atoms with E-state index in [1.807, 2.05) is 0 Å². The van der Waals surface area contributed by atoms with Crippen molar-refractivity contribution in [3.63, 3.8) is 0 Å². The van der Waals surface area contributed by atoms with Crippen molar-refractivity contribution in [2.75, 3.05) is 7.05 Å². The van der Waals surface area contributed by atoms with E-state index >= 15 is 0 Å². The molecule has 1 N–H and O–H groups in total. The van der Waals surface area contributed by atoms with Crippen molar-refractivity contribution in [2.24, 2.45) is 0 Å². The second-order valence-corrected chi connectivity index (χ2v) is 2.58. The Hall–Kier alpha value is -1.71. The molecule has 0 bridgehead atoms. The Morgan fingerprint density at radius 1 is 1.36 bits per heavy atom. The normalized spacial score (nSPS) is 10.5. The quantitative estimate of drug-likeness (QED) is 0.718. The van der Waals surface area contributed by atoms with Crippen LogP contribution >= 0.6 is 0 Å². The highest BCUT2D eigenvalue weighted by Crippen LogP contribution is 2.13. The van der Waals surface area contributed by atoms with Crippen LogP contribution in [0.15, 0.2) is 24.3 Å². The molecule has 0 atom stereocenters. The van der Waals surface area contributed by atoms with Crippen molar-refractivity contribution in [3.05, 3.63) is 41.5 Å². The molecule has 0 fully saturated rings. The predicted octanol–water partition coefficient (Wildman–Crippen LogP) is 1.72. The van der Waals surface area contributed by atoms with E-state index in [0.29, 0.717) is 0 Å². The van der Waals surface area contributed by atoms with Gasteiger partial charge in [0.15, 0.2) is 0 Å². The van der Waals surface area contributed by atoms with Crippen LogP contribution in [0.3, 0.4) is 0 Å². The van der Waals surface area contributed by atoms with Crippen LogP contribution < -0.4 is 5.32 Å². The Bertz CT molecular complexity index is 354. The highest BCUT2D eigenvalue weighted by Gasteiger charge is 2.04. The van der Waals surface area contributed by atoms with Gasteiger partial charge < -0.3 is 5.32 Å². The smallest absolute Gasteiger partial charge is 0.243 e. The standard InChI is InChI=1S/C10H9F2NO/c1-13-10(14)6-5-7-8(11)3-2-4-9(7)12/h2-6H,1H3,(H,13,14). The van der Waals surface area contributed by atoms with Gasteiger partial charge in [-0.3, -0.25) is 4.79 Å². The molecule has 0 aliphatic rings. The van der Waals surface area contributed by atoms with Crippen LogP contribution in [0, 0.1) is 11.6 Å². The molecule has 4 heteroatoms. The summed E-state index contributed by atoms with van der Waals surface area (Å²) >= 11 is 0. The molecule has 1 amide bonds. The van der Waals surface area contributed by atoms with Gasteiger partial charge >= 0.3 is 0 Å². The molecule has 0 saturated carbocycles. The van der Waals surface area contributed by atoms with Crippen molar-refractivity contribution in [1.82, 2.24) is 5.32 Å². The van der Waals surface area contributed by atoms with Crippen molar-refractivity contribution in [3.8, 4) is 0 Å². The maximum absolute atomic E-state index is 13.0. The molecule has 0 radical (unpaired) electrons. The minimum Gasteiger partial charge on any atom is -0.356 e. The molecule has 0 aliphatic carbocycles. The summed E-state index contributed by atoms with van der Waals surface area (Å²) in [5.41, 5.74) is -0.212. The summed E-state index contributed by atoms with van der Waals surface area (Å²) < 4.78 is 26.0. The first-order chi connectivity index (χ1) is 6.65. The maximum Gasteiger partial charge on any atom is 0.243 e. The minimum atomic E-state index is -0.690. The third-order valence-corrected chi connectivity index (χ3v) is 1.65. The fourth-order valence-electron chi connectivity index (χ4n) is 0.912. The Labute approximate surface area is 80.2 Å². The monoisotopic (exact) mass is 197 g/mol. The lowest BCUT2D eigenvalue weighted by atomic mass is 10.2. The fraction of sp³-hybridized carbons (Fsp3) is 0.100. The van der Waals surface area contributed by atoms with E-state index in [-0.39, 0.29) is 5.56 Å². The predicted molar refractivity (Wildman–Crippen MR) is 49.5 cm³/mol. The molecule has 14 heavy (non-hydrogen) atoms. The second kappa shape index (κ2) is 4.50.